The van der Waals surface area contributed by atoms with E-state index in [0.717, 1.165) is 0 Å². The Morgan fingerprint density at radius 3 is 1.06 bits per heavy atom. The van der Waals surface area contributed by atoms with Gasteiger partial charge < -0.3 is 29.6 Å². The van der Waals surface area contributed by atoms with Crippen molar-refractivity contribution in [3.05, 3.63) is 0 Å². The van der Waals surface area contributed by atoms with Crippen LogP contribution >= 0.6 is 0 Å². The van der Waals surface area contributed by atoms with E-state index in [2.05, 4.69) is 10.6 Å². The predicted octanol–water partition coefficient (Wildman–Crippen LogP) is -2.17. The molecule has 14 heteroatoms. The van der Waals surface area contributed by atoms with Crippen molar-refractivity contribution in [3.63, 3.8) is 0 Å². The van der Waals surface area contributed by atoms with Gasteiger partial charge in [0, 0.05) is 39.3 Å². The maximum absolute atomic E-state index is 12.7. The molecule has 1 saturated heterocycles. The molecule has 204 valence electrons. The molecule has 1 fully saturated rings. The third-order valence-electron chi connectivity index (χ3n) is 5.49. The number of ether oxygens (including phenoxy) is 4. The zero-order valence-corrected chi connectivity index (χ0v) is 21.2. The number of esters is 4. The number of carbonyl (C=O) groups excluding carboxylic acids is 6. The van der Waals surface area contributed by atoms with E-state index in [0.29, 0.717) is 0 Å². The third kappa shape index (κ3) is 7.37. The lowest BCUT2D eigenvalue weighted by atomic mass is 9.97. The van der Waals surface area contributed by atoms with Crippen molar-refractivity contribution < 1.29 is 47.7 Å². The Morgan fingerprint density at radius 2 is 0.861 bits per heavy atom. The van der Waals surface area contributed by atoms with Crippen molar-refractivity contribution in [1.82, 2.24) is 20.4 Å². The van der Waals surface area contributed by atoms with Crippen LogP contribution in [-0.2, 0) is 47.7 Å². The number of nitrogens with zero attached hydrogens (tertiary/aromatic N) is 2. The molecule has 14 nitrogen and oxygen atoms in total. The van der Waals surface area contributed by atoms with Crippen LogP contribution in [0.4, 0.5) is 0 Å². The Morgan fingerprint density at radius 1 is 0.611 bits per heavy atom. The molecule has 0 atom stereocenters. The molecule has 1 rings (SSSR count). The molecule has 1 aliphatic heterocycles. The molecular weight excluding hydrogens is 480 g/mol. The van der Waals surface area contributed by atoms with Gasteiger partial charge in [0.05, 0.1) is 26.4 Å². The number of hydrogen-bond acceptors (Lipinski definition) is 12. The van der Waals surface area contributed by atoms with Gasteiger partial charge in [-0.1, -0.05) is 0 Å². The number of piperazine rings is 1. The molecule has 2 N–H and O–H groups in total. The highest BCUT2D eigenvalue weighted by molar-refractivity contribution is 6.07. The lowest BCUT2D eigenvalue weighted by Crippen LogP contribution is -2.68. The largest absolute Gasteiger partial charge is 0.464 e. The normalized spacial score (nSPS) is 14.8. The monoisotopic (exact) mass is 516 g/mol. The number of hydrogen-bond donors (Lipinski definition) is 2. The minimum atomic E-state index is -2.06. The third-order valence-corrected chi connectivity index (χ3v) is 5.49. The summed E-state index contributed by atoms with van der Waals surface area (Å²) in [5, 5.41) is 4.56. The molecule has 0 aliphatic carbocycles. The molecule has 1 aliphatic rings. The standard InChI is InChI=1S/C22H36N4O10/c1-5-33-17(29)21(23-15-27,18(30)34-6-2)13-25-9-11-26(12-10-25)14-22(24-16-28,19(31)35-7-3)20(32)36-8-4/h15-16H,5-14H2,1-4H3,(H,23,27)(H,24,28). The number of rotatable bonds is 16. The van der Waals surface area contributed by atoms with Crippen molar-refractivity contribution in [2.45, 2.75) is 38.8 Å². The van der Waals surface area contributed by atoms with E-state index in [-0.39, 0.29) is 78.5 Å². The average molecular weight is 517 g/mol. The van der Waals surface area contributed by atoms with Crippen molar-refractivity contribution in [3.8, 4) is 0 Å². The zero-order valence-electron chi connectivity index (χ0n) is 21.2. The van der Waals surface area contributed by atoms with E-state index >= 15 is 0 Å². The van der Waals surface area contributed by atoms with Crippen LogP contribution in [0.1, 0.15) is 27.7 Å². The molecule has 1 heterocycles. The van der Waals surface area contributed by atoms with E-state index in [9.17, 15) is 28.8 Å². The maximum Gasteiger partial charge on any atom is 0.345 e. The summed E-state index contributed by atoms with van der Waals surface area (Å²) in [7, 11) is 0. The van der Waals surface area contributed by atoms with Gasteiger partial charge in [-0.3, -0.25) is 19.4 Å². The molecule has 0 radical (unpaired) electrons. The van der Waals surface area contributed by atoms with Gasteiger partial charge in [0.1, 0.15) is 0 Å². The molecule has 2 amide bonds. The summed E-state index contributed by atoms with van der Waals surface area (Å²) < 4.78 is 20.2. The van der Waals surface area contributed by atoms with Gasteiger partial charge in [-0.15, -0.1) is 0 Å². The summed E-state index contributed by atoms with van der Waals surface area (Å²) in [4.78, 5) is 77.0. The Balaban J connectivity index is 3.09. The Kier molecular flexibility index (Phi) is 12.8. The van der Waals surface area contributed by atoms with E-state index in [4.69, 9.17) is 18.9 Å². The second-order valence-corrected chi connectivity index (χ2v) is 7.77. The van der Waals surface area contributed by atoms with Crippen LogP contribution in [0.3, 0.4) is 0 Å². The molecule has 0 spiro atoms. The van der Waals surface area contributed by atoms with Gasteiger partial charge in [0.25, 0.3) is 0 Å². The fourth-order valence-electron chi connectivity index (χ4n) is 3.75. The SMILES string of the molecule is CCOC(=O)C(CN1CCN(CC(NC=O)(C(=O)OCC)C(=O)OCC)CC1)(NC=O)C(=O)OCC. The molecule has 0 bridgehead atoms. The summed E-state index contributed by atoms with van der Waals surface area (Å²) in [6.07, 6.45) is 0.477. The van der Waals surface area contributed by atoms with Crippen LogP contribution in [-0.4, -0.2) is 123 Å². The van der Waals surface area contributed by atoms with Crippen LogP contribution in [0.25, 0.3) is 0 Å². The summed E-state index contributed by atoms with van der Waals surface area (Å²) in [5.74, 6) is -3.79. The van der Waals surface area contributed by atoms with E-state index in [1.807, 2.05) is 0 Å². The van der Waals surface area contributed by atoms with Crippen molar-refractivity contribution in [2.24, 2.45) is 0 Å². The van der Waals surface area contributed by atoms with Crippen LogP contribution in [0.2, 0.25) is 0 Å². The number of amides is 2. The van der Waals surface area contributed by atoms with E-state index in [1.54, 1.807) is 37.5 Å². The quantitative estimate of drug-likeness (QED) is 0.0986. The van der Waals surface area contributed by atoms with Crippen molar-refractivity contribution in [2.75, 3.05) is 65.7 Å². The van der Waals surface area contributed by atoms with Gasteiger partial charge in [0.15, 0.2) is 0 Å². The lowest BCUT2D eigenvalue weighted by molar-refractivity contribution is -0.171. The first-order valence-electron chi connectivity index (χ1n) is 11.8. The lowest BCUT2D eigenvalue weighted by Gasteiger charge is -2.41. The molecule has 0 aromatic rings. The second-order valence-electron chi connectivity index (χ2n) is 7.77. The zero-order chi connectivity index (χ0) is 27.2. The first-order chi connectivity index (χ1) is 17.2. The van der Waals surface area contributed by atoms with Crippen molar-refractivity contribution in [1.29, 1.82) is 0 Å². The van der Waals surface area contributed by atoms with Gasteiger partial charge >= 0.3 is 23.9 Å². The Hall–Kier alpha value is -3.26. The van der Waals surface area contributed by atoms with Gasteiger partial charge in [-0.2, -0.15) is 0 Å². The number of nitrogens with one attached hydrogen (secondary N) is 2. The molecule has 0 aromatic carbocycles. The second kappa shape index (κ2) is 15.0. The molecule has 0 aromatic heterocycles. The molecule has 0 saturated carbocycles. The Bertz CT molecular complexity index is 683. The summed E-state index contributed by atoms with van der Waals surface area (Å²) in [6.45, 7) is 6.92. The summed E-state index contributed by atoms with van der Waals surface area (Å²) in [5.41, 5.74) is -4.12. The first kappa shape index (κ1) is 30.8. The maximum atomic E-state index is 12.7. The molecule has 36 heavy (non-hydrogen) atoms. The van der Waals surface area contributed by atoms with Gasteiger partial charge in [-0.05, 0) is 27.7 Å². The average Bonchev–Trinajstić information content (AvgIpc) is 2.85. The van der Waals surface area contributed by atoms with Crippen LogP contribution in [0.5, 0.6) is 0 Å². The minimum Gasteiger partial charge on any atom is -0.464 e. The fourth-order valence-corrected chi connectivity index (χ4v) is 3.75. The molecule has 0 unspecified atom stereocenters. The van der Waals surface area contributed by atoms with Crippen LogP contribution < -0.4 is 10.6 Å². The van der Waals surface area contributed by atoms with Crippen molar-refractivity contribution >= 4 is 36.7 Å². The first-order valence-corrected chi connectivity index (χ1v) is 11.8. The highest BCUT2D eigenvalue weighted by atomic mass is 16.6. The van der Waals surface area contributed by atoms with Gasteiger partial charge in [0.2, 0.25) is 23.9 Å². The fraction of sp³-hybridized carbons (Fsp3) is 0.727. The predicted molar refractivity (Wildman–Crippen MR) is 123 cm³/mol. The van der Waals surface area contributed by atoms with Crippen LogP contribution in [0, 0.1) is 0 Å². The van der Waals surface area contributed by atoms with Crippen LogP contribution in [0.15, 0.2) is 0 Å². The summed E-state index contributed by atoms with van der Waals surface area (Å²) in [6, 6.07) is 0. The highest BCUT2D eigenvalue weighted by Gasteiger charge is 2.52. The molecular formula is C22H36N4O10. The van der Waals surface area contributed by atoms with E-state index < -0.39 is 35.0 Å². The highest BCUT2D eigenvalue weighted by Crippen LogP contribution is 2.18. The summed E-state index contributed by atoms with van der Waals surface area (Å²) >= 11 is 0. The van der Waals surface area contributed by atoms with E-state index in [1.165, 1.54) is 0 Å². The van der Waals surface area contributed by atoms with Gasteiger partial charge in [-0.25, -0.2) is 19.2 Å². The topological polar surface area (TPSA) is 170 Å². The smallest absolute Gasteiger partial charge is 0.345 e. The minimum absolute atomic E-state index is 0.0121. The Labute approximate surface area is 209 Å². The number of carbonyl (C=O) groups is 6.